The zero-order valence-electron chi connectivity index (χ0n) is 12.2. The first-order chi connectivity index (χ1) is 9.43. The van der Waals surface area contributed by atoms with E-state index >= 15 is 0 Å². The van der Waals surface area contributed by atoms with Gasteiger partial charge in [-0.3, -0.25) is 0 Å². The highest BCUT2D eigenvalue weighted by Crippen LogP contribution is 2.31. The van der Waals surface area contributed by atoms with Gasteiger partial charge in [-0.1, -0.05) is 6.92 Å². The Hall–Kier alpha value is -0.890. The van der Waals surface area contributed by atoms with Crippen LogP contribution in [0.5, 0.6) is 0 Å². The minimum absolute atomic E-state index is 0.131. The third kappa shape index (κ3) is 2.50. The highest BCUT2D eigenvalue weighted by molar-refractivity contribution is 7.89. The van der Waals surface area contributed by atoms with Crippen molar-refractivity contribution in [3.05, 3.63) is 17.1 Å². The number of morpholine rings is 1. The van der Waals surface area contributed by atoms with Gasteiger partial charge in [-0.15, -0.1) is 0 Å². The Morgan fingerprint density at radius 2 is 2.05 bits per heavy atom. The maximum Gasteiger partial charge on any atom is 0.247 e. The Labute approximate surface area is 119 Å². The van der Waals surface area contributed by atoms with E-state index in [-0.39, 0.29) is 17.5 Å². The summed E-state index contributed by atoms with van der Waals surface area (Å²) in [6.45, 7) is 6.74. The molecule has 1 unspecified atom stereocenters. The summed E-state index contributed by atoms with van der Waals surface area (Å²) in [4.78, 5) is 0.234. The van der Waals surface area contributed by atoms with Gasteiger partial charge in [0.25, 0.3) is 0 Å². The molecule has 0 bridgehead atoms. The molecule has 2 N–H and O–H groups in total. The van der Waals surface area contributed by atoms with E-state index in [2.05, 4.69) is 0 Å². The van der Waals surface area contributed by atoms with Crippen LogP contribution in [0.1, 0.15) is 30.4 Å². The molecule has 114 valence electrons. The van der Waals surface area contributed by atoms with E-state index in [0.717, 1.165) is 0 Å². The number of hydrogen-bond donors (Lipinski definition) is 1. The Balaban J connectivity index is 2.49. The zero-order valence-corrected chi connectivity index (χ0v) is 13.0. The number of nitrogens with two attached hydrogens (primary N) is 1. The highest BCUT2D eigenvalue weighted by atomic mass is 32.2. The van der Waals surface area contributed by atoms with E-state index < -0.39 is 10.0 Å². The number of nitrogens with zero attached hydrogens (tertiary/aromatic N) is 1. The Kier molecular flexibility index (Phi) is 4.53. The smallest absolute Gasteiger partial charge is 0.247 e. The minimum atomic E-state index is -3.60. The zero-order chi connectivity index (χ0) is 14.9. The number of sulfonamides is 1. The molecule has 1 aliphatic rings. The summed E-state index contributed by atoms with van der Waals surface area (Å²) in [7, 11) is -3.60. The van der Waals surface area contributed by atoms with Gasteiger partial charge in [-0.25, -0.2) is 8.42 Å². The predicted octanol–water partition coefficient (Wildman–Crippen LogP) is 1.15. The minimum Gasteiger partial charge on any atom is -0.465 e. The summed E-state index contributed by atoms with van der Waals surface area (Å²) < 4.78 is 38.2. The molecule has 0 spiro atoms. The molecule has 0 amide bonds. The highest BCUT2D eigenvalue weighted by Gasteiger charge is 2.37. The van der Waals surface area contributed by atoms with Gasteiger partial charge in [0.1, 0.15) is 16.4 Å². The van der Waals surface area contributed by atoms with E-state index in [0.29, 0.717) is 43.3 Å². The van der Waals surface area contributed by atoms with Crippen molar-refractivity contribution in [2.24, 2.45) is 5.73 Å². The van der Waals surface area contributed by atoms with E-state index in [1.165, 1.54) is 4.31 Å². The van der Waals surface area contributed by atoms with Crippen molar-refractivity contribution < 1.29 is 17.6 Å². The Bertz CT molecular complexity index is 579. The van der Waals surface area contributed by atoms with Gasteiger partial charge in [0.05, 0.1) is 13.2 Å². The molecular weight excluding hydrogens is 280 g/mol. The molecule has 0 aliphatic carbocycles. The molecule has 1 fully saturated rings. The molecule has 1 aromatic rings. The quantitative estimate of drug-likeness (QED) is 0.902. The average Bonchev–Trinajstić information content (AvgIpc) is 2.73. The maximum atomic E-state index is 12.9. The van der Waals surface area contributed by atoms with Crippen LogP contribution in [0.15, 0.2) is 9.31 Å². The summed E-state index contributed by atoms with van der Waals surface area (Å²) in [6.07, 6.45) is 0.715. The van der Waals surface area contributed by atoms with Crippen LogP contribution in [0.25, 0.3) is 0 Å². The summed E-state index contributed by atoms with van der Waals surface area (Å²) in [5.41, 5.74) is 6.26. The molecule has 2 rings (SSSR count). The first-order valence-electron chi connectivity index (χ1n) is 6.82. The molecule has 0 aromatic carbocycles. The van der Waals surface area contributed by atoms with Crippen LogP contribution in [-0.2, 0) is 21.3 Å². The Morgan fingerprint density at radius 3 is 2.65 bits per heavy atom. The van der Waals surface area contributed by atoms with Crippen molar-refractivity contribution in [3.8, 4) is 0 Å². The van der Waals surface area contributed by atoms with Crippen LogP contribution in [0.3, 0.4) is 0 Å². The lowest BCUT2D eigenvalue weighted by atomic mass is 10.2. The molecule has 1 aliphatic heterocycles. The third-order valence-electron chi connectivity index (χ3n) is 3.74. The second-order valence-electron chi connectivity index (χ2n) is 4.98. The van der Waals surface area contributed by atoms with Gasteiger partial charge in [0.15, 0.2) is 0 Å². The van der Waals surface area contributed by atoms with Gasteiger partial charge in [0.2, 0.25) is 10.0 Å². The van der Waals surface area contributed by atoms with Crippen molar-refractivity contribution in [1.29, 1.82) is 0 Å². The first-order valence-corrected chi connectivity index (χ1v) is 8.26. The molecule has 1 atom stereocenters. The summed E-state index contributed by atoms with van der Waals surface area (Å²) in [6, 6.07) is -0.131. The largest absolute Gasteiger partial charge is 0.465 e. The second-order valence-corrected chi connectivity index (χ2v) is 6.81. The van der Waals surface area contributed by atoms with E-state index in [1.807, 2.05) is 6.92 Å². The molecule has 0 saturated carbocycles. The van der Waals surface area contributed by atoms with Gasteiger partial charge < -0.3 is 14.9 Å². The predicted molar refractivity (Wildman–Crippen MR) is 74.9 cm³/mol. The normalized spacial score (nSPS) is 21.3. The van der Waals surface area contributed by atoms with Gasteiger partial charge in [0, 0.05) is 24.7 Å². The van der Waals surface area contributed by atoms with Crippen LogP contribution in [0, 0.1) is 13.8 Å². The van der Waals surface area contributed by atoms with E-state index in [4.69, 9.17) is 14.9 Å². The summed E-state index contributed by atoms with van der Waals surface area (Å²) in [5.74, 6) is 0.981. The van der Waals surface area contributed by atoms with Crippen LogP contribution in [-0.4, -0.2) is 38.5 Å². The van der Waals surface area contributed by atoms with Gasteiger partial charge >= 0.3 is 0 Å². The maximum absolute atomic E-state index is 12.9. The molecule has 0 radical (unpaired) electrons. The standard InChI is InChI=1S/C13H22N2O4S/c1-4-11-8-18-6-5-15(11)20(16,17)13-10(3)19-9(2)12(13)7-14/h11H,4-8,14H2,1-3H3. The molecule has 2 heterocycles. The van der Waals surface area contributed by atoms with Crippen LogP contribution in [0.4, 0.5) is 0 Å². The number of furan rings is 1. The third-order valence-corrected chi connectivity index (χ3v) is 5.89. The first kappa shape index (κ1) is 15.5. The molecule has 7 heteroatoms. The van der Waals surface area contributed by atoms with Crippen LogP contribution >= 0.6 is 0 Å². The van der Waals surface area contributed by atoms with Crippen molar-refractivity contribution >= 4 is 10.0 Å². The SMILES string of the molecule is CCC1COCCN1S(=O)(=O)c1c(C)oc(C)c1CN. The van der Waals surface area contributed by atoms with Crippen LogP contribution < -0.4 is 5.73 Å². The fourth-order valence-electron chi connectivity index (χ4n) is 2.68. The Morgan fingerprint density at radius 1 is 1.35 bits per heavy atom. The number of rotatable bonds is 4. The monoisotopic (exact) mass is 302 g/mol. The van der Waals surface area contributed by atoms with E-state index in [1.54, 1.807) is 13.8 Å². The number of aryl methyl sites for hydroxylation is 2. The van der Waals surface area contributed by atoms with Crippen molar-refractivity contribution in [2.45, 2.75) is 44.7 Å². The summed E-state index contributed by atoms with van der Waals surface area (Å²) >= 11 is 0. The number of ether oxygens (including phenoxy) is 1. The topological polar surface area (TPSA) is 85.8 Å². The van der Waals surface area contributed by atoms with Gasteiger partial charge in [-0.2, -0.15) is 4.31 Å². The number of hydrogen-bond acceptors (Lipinski definition) is 5. The molecule has 20 heavy (non-hydrogen) atoms. The molecule has 6 nitrogen and oxygen atoms in total. The van der Waals surface area contributed by atoms with Gasteiger partial charge in [-0.05, 0) is 20.3 Å². The van der Waals surface area contributed by atoms with E-state index in [9.17, 15) is 8.42 Å². The average molecular weight is 302 g/mol. The van der Waals surface area contributed by atoms with Crippen LogP contribution in [0.2, 0.25) is 0 Å². The fourth-order valence-corrected chi connectivity index (χ4v) is 4.77. The van der Waals surface area contributed by atoms with Crippen molar-refractivity contribution in [2.75, 3.05) is 19.8 Å². The van der Waals surface area contributed by atoms with Crippen molar-refractivity contribution in [3.63, 3.8) is 0 Å². The molecule has 1 saturated heterocycles. The lowest BCUT2D eigenvalue weighted by Gasteiger charge is -2.34. The fraction of sp³-hybridized carbons (Fsp3) is 0.692. The molecule has 1 aromatic heterocycles. The lowest BCUT2D eigenvalue weighted by Crippen LogP contribution is -2.48. The summed E-state index contributed by atoms with van der Waals surface area (Å²) in [5, 5.41) is 0. The molecular formula is C13H22N2O4S. The lowest BCUT2D eigenvalue weighted by molar-refractivity contribution is 0.0313. The van der Waals surface area contributed by atoms with Crippen molar-refractivity contribution in [1.82, 2.24) is 4.31 Å². The second kappa shape index (κ2) is 5.85.